The average Bonchev–Trinajstić information content (AvgIpc) is 3.00. The van der Waals surface area contributed by atoms with Crippen molar-refractivity contribution in [2.24, 2.45) is 5.92 Å². The number of benzene rings is 1. The lowest BCUT2D eigenvalue weighted by molar-refractivity contribution is 0.0792. The van der Waals surface area contributed by atoms with Crippen molar-refractivity contribution in [3.05, 3.63) is 29.8 Å². The van der Waals surface area contributed by atoms with Crippen LogP contribution in [0.1, 0.15) is 43.5 Å². The number of carbonyl (C=O) groups excluding carboxylic acids is 1. The molecule has 1 saturated heterocycles. The monoisotopic (exact) mass is 324 g/mol. The smallest absolute Gasteiger partial charge is 0.253 e. The van der Waals surface area contributed by atoms with Crippen molar-refractivity contribution in [1.82, 2.24) is 9.62 Å². The van der Waals surface area contributed by atoms with Gasteiger partial charge in [0.1, 0.15) is 0 Å². The quantitative estimate of drug-likeness (QED) is 0.873. The summed E-state index contributed by atoms with van der Waals surface area (Å²) in [6.45, 7) is 6.10. The third kappa shape index (κ3) is 4.30. The van der Waals surface area contributed by atoms with E-state index in [0.29, 0.717) is 18.0 Å². The molecule has 1 aliphatic heterocycles. The zero-order chi connectivity index (χ0) is 16.2. The number of carbonyl (C=O) groups is 1. The van der Waals surface area contributed by atoms with Crippen LogP contribution in [-0.2, 0) is 10.0 Å². The SMILES string of the molecule is CC(C)CCNS(=O)(=O)c1ccc(C(=O)N2CCCC2)cc1. The molecule has 5 nitrogen and oxygen atoms in total. The molecule has 1 amide bonds. The Bertz CT molecular complexity index is 603. The molecule has 122 valence electrons. The summed E-state index contributed by atoms with van der Waals surface area (Å²) in [5, 5.41) is 0. The maximum Gasteiger partial charge on any atom is 0.253 e. The Labute approximate surface area is 132 Å². The van der Waals surface area contributed by atoms with Crippen molar-refractivity contribution >= 4 is 15.9 Å². The molecule has 0 aliphatic carbocycles. The molecule has 1 aromatic carbocycles. The highest BCUT2D eigenvalue weighted by atomic mass is 32.2. The topological polar surface area (TPSA) is 66.5 Å². The van der Waals surface area contributed by atoms with E-state index in [-0.39, 0.29) is 10.8 Å². The molecule has 0 bridgehead atoms. The van der Waals surface area contributed by atoms with Crippen LogP contribution in [0, 0.1) is 5.92 Å². The van der Waals surface area contributed by atoms with Crippen molar-refractivity contribution in [2.45, 2.75) is 38.0 Å². The molecule has 1 N–H and O–H groups in total. The first-order valence-corrected chi connectivity index (χ1v) is 9.27. The molecule has 0 unspecified atom stereocenters. The first-order chi connectivity index (χ1) is 10.4. The van der Waals surface area contributed by atoms with Crippen LogP contribution >= 0.6 is 0 Å². The molecule has 1 heterocycles. The maximum absolute atomic E-state index is 12.2. The number of likely N-dealkylation sites (tertiary alicyclic amines) is 1. The Hall–Kier alpha value is -1.40. The minimum atomic E-state index is -3.49. The summed E-state index contributed by atoms with van der Waals surface area (Å²) < 4.78 is 26.9. The van der Waals surface area contributed by atoms with Gasteiger partial charge in [-0.05, 0) is 49.4 Å². The van der Waals surface area contributed by atoms with Crippen LogP contribution in [0.5, 0.6) is 0 Å². The van der Waals surface area contributed by atoms with Crippen LogP contribution in [0.15, 0.2) is 29.2 Å². The van der Waals surface area contributed by atoms with Gasteiger partial charge in [-0.25, -0.2) is 13.1 Å². The van der Waals surface area contributed by atoms with Gasteiger partial charge in [0.15, 0.2) is 0 Å². The van der Waals surface area contributed by atoms with E-state index < -0.39 is 10.0 Å². The van der Waals surface area contributed by atoms with E-state index in [9.17, 15) is 13.2 Å². The zero-order valence-corrected chi connectivity index (χ0v) is 14.0. The number of hydrogen-bond acceptors (Lipinski definition) is 3. The van der Waals surface area contributed by atoms with Gasteiger partial charge in [-0.3, -0.25) is 4.79 Å². The summed E-state index contributed by atoms with van der Waals surface area (Å²) in [6.07, 6.45) is 2.88. The van der Waals surface area contributed by atoms with Crippen LogP contribution < -0.4 is 4.72 Å². The number of amides is 1. The Kier molecular flexibility index (Phi) is 5.58. The third-order valence-corrected chi connectivity index (χ3v) is 5.30. The minimum Gasteiger partial charge on any atom is -0.339 e. The van der Waals surface area contributed by atoms with Gasteiger partial charge in [0.05, 0.1) is 4.90 Å². The molecule has 0 aromatic heterocycles. The van der Waals surface area contributed by atoms with E-state index in [1.807, 2.05) is 18.7 Å². The van der Waals surface area contributed by atoms with Crippen molar-refractivity contribution in [2.75, 3.05) is 19.6 Å². The molecule has 0 atom stereocenters. The van der Waals surface area contributed by atoms with Gasteiger partial charge in [-0.15, -0.1) is 0 Å². The molecular weight excluding hydrogens is 300 g/mol. The predicted molar refractivity (Wildman–Crippen MR) is 86.2 cm³/mol. The molecule has 0 saturated carbocycles. The van der Waals surface area contributed by atoms with E-state index in [4.69, 9.17) is 0 Å². The van der Waals surface area contributed by atoms with Gasteiger partial charge >= 0.3 is 0 Å². The molecule has 6 heteroatoms. The van der Waals surface area contributed by atoms with Crippen LogP contribution in [-0.4, -0.2) is 38.9 Å². The second kappa shape index (κ2) is 7.24. The molecule has 22 heavy (non-hydrogen) atoms. The standard InChI is InChI=1S/C16H24N2O3S/c1-13(2)9-10-17-22(20,21)15-7-5-14(6-8-15)16(19)18-11-3-4-12-18/h5-8,13,17H,3-4,9-12H2,1-2H3. The van der Waals surface area contributed by atoms with E-state index in [1.165, 1.54) is 12.1 Å². The average molecular weight is 324 g/mol. The Morgan fingerprint density at radius 1 is 1.18 bits per heavy atom. The normalized spacial score (nSPS) is 15.5. The Morgan fingerprint density at radius 2 is 1.77 bits per heavy atom. The van der Waals surface area contributed by atoms with Gasteiger partial charge in [0.2, 0.25) is 10.0 Å². The van der Waals surface area contributed by atoms with Crippen LogP contribution in [0.3, 0.4) is 0 Å². The summed E-state index contributed by atoms with van der Waals surface area (Å²) in [6, 6.07) is 6.19. The second-order valence-electron chi connectivity index (χ2n) is 6.10. The summed E-state index contributed by atoms with van der Waals surface area (Å²) >= 11 is 0. The molecular formula is C16H24N2O3S. The zero-order valence-electron chi connectivity index (χ0n) is 13.2. The molecule has 0 radical (unpaired) electrons. The fourth-order valence-corrected chi connectivity index (χ4v) is 3.49. The lowest BCUT2D eigenvalue weighted by Crippen LogP contribution is -2.28. The number of nitrogens with one attached hydrogen (secondary N) is 1. The summed E-state index contributed by atoms with van der Waals surface area (Å²) in [5.74, 6) is 0.428. The highest BCUT2D eigenvalue weighted by Crippen LogP contribution is 2.15. The van der Waals surface area contributed by atoms with E-state index in [0.717, 1.165) is 32.4 Å². The van der Waals surface area contributed by atoms with Crippen LogP contribution in [0.4, 0.5) is 0 Å². The van der Waals surface area contributed by atoms with Crippen molar-refractivity contribution < 1.29 is 13.2 Å². The summed E-state index contributed by atoms with van der Waals surface area (Å²) in [4.78, 5) is 14.2. The van der Waals surface area contributed by atoms with E-state index in [1.54, 1.807) is 12.1 Å². The third-order valence-electron chi connectivity index (χ3n) is 3.82. The van der Waals surface area contributed by atoms with Crippen LogP contribution in [0.2, 0.25) is 0 Å². The molecule has 2 rings (SSSR count). The number of rotatable bonds is 6. The predicted octanol–water partition coefficient (Wildman–Crippen LogP) is 2.25. The fraction of sp³-hybridized carbons (Fsp3) is 0.562. The highest BCUT2D eigenvalue weighted by Gasteiger charge is 2.20. The van der Waals surface area contributed by atoms with E-state index >= 15 is 0 Å². The van der Waals surface area contributed by atoms with Gasteiger partial charge in [0.25, 0.3) is 5.91 Å². The Morgan fingerprint density at radius 3 is 2.32 bits per heavy atom. The number of nitrogens with zero attached hydrogens (tertiary/aromatic N) is 1. The lowest BCUT2D eigenvalue weighted by Gasteiger charge is -2.15. The van der Waals surface area contributed by atoms with Gasteiger partial charge in [-0.1, -0.05) is 13.8 Å². The number of sulfonamides is 1. The first-order valence-electron chi connectivity index (χ1n) is 7.79. The maximum atomic E-state index is 12.2. The van der Waals surface area contributed by atoms with Crippen molar-refractivity contribution in [3.8, 4) is 0 Å². The molecule has 0 spiro atoms. The number of hydrogen-bond donors (Lipinski definition) is 1. The molecule has 1 fully saturated rings. The molecule has 1 aliphatic rings. The first kappa shape index (κ1) is 17.0. The molecule has 1 aromatic rings. The van der Waals surface area contributed by atoms with Crippen molar-refractivity contribution in [1.29, 1.82) is 0 Å². The summed E-state index contributed by atoms with van der Waals surface area (Å²) in [7, 11) is -3.49. The Balaban J connectivity index is 2.02. The van der Waals surface area contributed by atoms with Gasteiger partial charge < -0.3 is 4.90 Å². The van der Waals surface area contributed by atoms with Gasteiger partial charge in [0, 0.05) is 25.2 Å². The minimum absolute atomic E-state index is 0.0192. The largest absolute Gasteiger partial charge is 0.339 e. The van der Waals surface area contributed by atoms with Crippen LogP contribution in [0.25, 0.3) is 0 Å². The fourth-order valence-electron chi connectivity index (χ4n) is 2.44. The van der Waals surface area contributed by atoms with E-state index in [2.05, 4.69) is 4.72 Å². The summed E-state index contributed by atoms with van der Waals surface area (Å²) in [5.41, 5.74) is 0.544. The second-order valence-corrected chi connectivity index (χ2v) is 7.87. The van der Waals surface area contributed by atoms with Gasteiger partial charge in [-0.2, -0.15) is 0 Å². The lowest BCUT2D eigenvalue weighted by atomic mass is 10.1. The van der Waals surface area contributed by atoms with Crippen molar-refractivity contribution in [3.63, 3.8) is 0 Å². The highest BCUT2D eigenvalue weighted by molar-refractivity contribution is 7.89.